The number of benzene rings is 1. The molecule has 0 saturated carbocycles. The quantitative estimate of drug-likeness (QED) is 0.145. The third kappa shape index (κ3) is 9.48. The summed E-state index contributed by atoms with van der Waals surface area (Å²) in [6.45, 7) is 0.582. The second-order valence-corrected chi connectivity index (χ2v) is 4.95. The maximum atomic E-state index is 11.4. The average Bonchev–Trinajstić information content (AvgIpc) is 2.59. The standard InChI is InChI=1S/C15H18ClNO8/c16-7-9-22-8-1-2-14(18)23-10-11-24-15(19)25-13-5-3-12(4-6-13)17(20)21/h3-6H,1-2,7-11H2. The van der Waals surface area contributed by atoms with Crippen LogP contribution in [0.25, 0.3) is 0 Å². The molecule has 0 aliphatic rings. The molecule has 0 N–H and O–H groups in total. The van der Waals surface area contributed by atoms with Gasteiger partial charge in [-0.2, -0.15) is 0 Å². The van der Waals surface area contributed by atoms with Gasteiger partial charge in [-0.15, -0.1) is 11.6 Å². The number of alkyl halides is 1. The number of nitro benzene ring substituents is 1. The molecule has 0 heterocycles. The smallest absolute Gasteiger partial charge is 0.462 e. The van der Waals surface area contributed by atoms with E-state index >= 15 is 0 Å². The fourth-order valence-corrected chi connectivity index (χ4v) is 1.70. The summed E-state index contributed by atoms with van der Waals surface area (Å²) in [6, 6.07) is 4.93. The van der Waals surface area contributed by atoms with Crippen LogP contribution in [-0.4, -0.2) is 49.4 Å². The molecular formula is C15H18ClNO8. The van der Waals surface area contributed by atoms with Crippen molar-refractivity contribution in [2.45, 2.75) is 12.8 Å². The molecule has 9 nitrogen and oxygen atoms in total. The van der Waals surface area contributed by atoms with Gasteiger partial charge in [0.25, 0.3) is 5.69 Å². The Hall–Kier alpha value is -2.39. The zero-order valence-electron chi connectivity index (χ0n) is 13.4. The number of carbonyl (C=O) groups excluding carboxylic acids is 2. The minimum absolute atomic E-state index is 0.100. The number of ether oxygens (including phenoxy) is 4. The van der Waals surface area contributed by atoms with Gasteiger partial charge >= 0.3 is 12.1 Å². The largest absolute Gasteiger partial charge is 0.513 e. The Morgan fingerprint density at radius 1 is 1.04 bits per heavy atom. The van der Waals surface area contributed by atoms with Crippen LogP contribution in [0.3, 0.4) is 0 Å². The van der Waals surface area contributed by atoms with Crippen molar-refractivity contribution in [2.24, 2.45) is 0 Å². The highest BCUT2D eigenvalue weighted by atomic mass is 35.5. The molecule has 0 aliphatic carbocycles. The zero-order valence-corrected chi connectivity index (χ0v) is 14.1. The van der Waals surface area contributed by atoms with E-state index in [2.05, 4.69) is 0 Å². The molecule has 0 atom stereocenters. The SMILES string of the molecule is O=C(CCCOCCCl)OCCOC(=O)Oc1ccc([N+](=O)[O-])cc1. The molecule has 0 amide bonds. The molecule has 0 bridgehead atoms. The Morgan fingerprint density at radius 2 is 1.72 bits per heavy atom. The first-order chi connectivity index (χ1) is 12.0. The van der Waals surface area contributed by atoms with E-state index in [9.17, 15) is 19.7 Å². The number of rotatable bonds is 11. The molecule has 0 saturated heterocycles. The van der Waals surface area contributed by atoms with E-state index < -0.39 is 17.0 Å². The van der Waals surface area contributed by atoms with Crippen molar-refractivity contribution in [1.29, 1.82) is 0 Å². The summed E-state index contributed by atoms with van der Waals surface area (Å²) in [6.07, 6.45) is -0.298. The first-order valence-electron chi connectivity index (χ1n) is 7.41. The number of nitrogens with zero attached hydrogens (tertiary/aromatic N) is 1. The molecule has 25 heavy (non-hydrogen) atoms. The molecule has 10 heteroatoms. The van der Waals surface area contributed by atoms with Crippen LogP contribution in [0.4, 0.5) is 10.5 Å². The minimum atomic E-state index is -1.00. The van der Waals surface area contributed by atoms with Gasteiger partial charge < -0.3 is 18.9 Å². The van der Waals surface area contributed by atoms with E-state index in [1.54, 1.807) is 0 Å². The normalized spacial score (nSPS) is 10.1. The Balaban J connectivity index is 2.12. The molecule has 1 rings (SSSR count). The highest BCUT2D eigenvalue weighted by Gasteiger charge is 2.10. The number of halogens is 1. The van der Waals surface area contributed by atoms with E-state index in [-0.39, 0.29) is 31.1 Å². The summed E-state index contributed by atoms with van der Waals surface area (Å²) in [5, 5.41) is 10.5. The predicted octanol–water partition coefficient (Wildman–Crippen LogP) is 2.69. The summed E-state index contributed by atoms with van der Waals surface area (Å²) in [5.74, 6) is 0.0731. The highest BCUT2D eigenvalue weighted by Crippen LogP contribution is 2.17. The maximum Gasteiger partial charge on any atom is 0.513 e. The summed E-state index contributed by atoms with van der Waals surface area (Å²) in [5.41, 5.74) is -0.124. The van der Waals surface area contributed by atoms with Gasteiger partial charge in [0.15, 0.2) is 0 Å². The molecule has 0 radical (unpaired) electrons. The second kappa shape index (κ2) is 12.0. The summed E-state index contributed by atoms with van der Waals surface area (Å²) in [7, 11) is 0. The van der Waals surface area contributed by atoms with Crippen molar-refractivity contribution < 1.29 is 33.5 Å². The van der Waals surface area contributed by atoms with Crippen LogP contribution < -0.4 is 4.74 Å². The fourth-order valence-electron chi connectivity index (χ4n) is 1.59. The van der Waals surface area contributed by atoms with Gasteiger partial charge in [0, 0.05) is 31.0 Å². The van der Waals surface area contributed by atoms with Gasteiger partial charge in [0.2, 0.25) is 0 Å². The molecule has 0 unspecified atom stereocenters. The van der Waals surface area contributed by atoms with Gasteiger partial charge in [-0.25, -0.2) is 4.79 Å². The van der Waals surface area contributed by atoms with Crippen LogP contribution in [0.15, 0.2) is 24.3 Å². The highest BCUT2D eigenvalue weighted by molar-refractivity contribution is 6.17. The number of hydrogen-bond donors (Lipinski definition) is 0. The third-order valence-electron chi connectivity index (χ3n) is 2.71. The van der Waals surface area contributed by atoms with Crippen molar-refractivity contribution in [3.05, 3.63) is 34.4 Å². The van der Waals surface area contributed by atoms with Gasteiger partial charge in [-0.1, -0.05) is 0 Å². The Bertz CT molecular complexity index is 563. The minimum Gasteiger partial charge on any atom is -0.462 e. The average molecular weight is 376 g/mol. The topological polar surface area (TPSA) is 114 Å². The van der Waals surface area contributed by atoms with Gasteiger partial charge in [0.05, 0.1) is 11.5 Å². The maximum absolute atomic E-state index is 11.4. The van der Waals surface area contributed by atoms with Crippen LogP contribution in [0.2, 0.25) is 0 Å². The van der Waals surface area contributed by atoms with Crippen molar-refractivity contribution in [3.63, 3.8) is 0 Å². The summed E-state index contributed by atoms with van der Waals surface area (Å²) in [4.78, 5) is 32.7. The van der Waals surface area contributed by atoms with Crippen LogP contribution in [0.5, 0.6) is 5.75 Å². The zero-order chi connectivity index (χ0) is 18.5. The first-order valence-corrected chi connectivity index (χ1v) is 7.94. The lowest BCUT2D eigenvalue weighted by atomic mass is 10.3. The van der Waals surface area contributed by atoms with E-state index in [4.69, 9.17) is 30.5 Å². The molecule has 138 valence electrons. The van der Waals surface area contributed by atoms with Crippen molar-refractivity contribution in [3.8, 4) is 5.75 Å². The van der Waals surface area contributed by atoms with E-state index in [0.717, 1.165) is 0 Å². The molecular weight excluding hydrogens is 358 g/mol. The van der Waals surface area contributed by atoms with Gasteiger partial charge in [-0.05, 0) is 18.6 Å². The van der Waals surface area contributed by atoms with Crippen LogP contribution >= 0.6 is 11.6 Å². The summed E-state index contributed by atoms with van der Waals surface area (Å²) < 4.78 is 19.5. The Labute approximate surface area is 148 Å². The third-order valence-corrected chi connectivity index (χ3v) is 2.86. The summed E-state index contributed by atoms with van der Waals surface area (Å²) >= 11 is 5.43. The molecule has 1 aromatic rings. The first kappa shape index (κ1) is 20.7. The molecule has 0 fully saturated rings. The van der Waals surface area contributed by atoms with E-state index in [1.807, 2.05) is 0 Å². The van der Waals surface area contributed by atoms with Crippen LogP contribution in [0, 0.1) is 10.1 Å². The lowest BCUT2D eigenvalue weighted by molar-refractivity contribution is -0.384. The monoisotopic (exact) mass is 375 g/mol. The van der Waals surface area contributed by atoms with Crippen molar-refractivity contribution >= 4 is 29.4 Å². The molecule has 0 aromatic heterocycles. The van der Waals surface area contributed by atoms with Gasteiger partial charge in [0.1, 0.15) is 19.0 Å². The van der Waals surface area contributed by atoms with Crippen LogP contribution in [-0.2, 0) is 19.0 Å². The Kier molecular flexibility index (Phi) is 9.95. The van der Waals surface area contributed by atoms with E-state index in [0.29, 0.717) is 25.5 Å². The lowest BCUT2D eigenvalue weighted by Crippen LogP contribution is -2.16. The Morgan fingerprint density at radius 3 is 2.36 bits per heavy atom. The second-order valence-electron chi connectivity index (χ2n) is 4.58. The van der Waals surface area contributed by atoms with E-state index in [1.165, 1.54) is 24.3 Å². The molecule has 1 aromatic carbocycles. The number of carbonyl (C=O) groups is 2. The van der Waals surface area contributed by atoms with Crippen molar-refractivity contribution in [1.82, 2.24) is 0 Å². The lowest BCUT2D eigenvalue weighted by Gasteiger charge is -2.07. The number of esters is 1. The molecule has 0 aliphatic heterocycles. The van der Waals surface area contributed by atoms with Crippen molar-refractivity contribution in [2.75, 3.05) is 32.3 Å². The number of nitro groups is 1. The number of non-ortho nitro benzene ring substituents is 1. The molecule has 0 spiro atoms. The van der Waals surface area contributed by atoms with Gasteiger partial charge in [-0.3, -0.25) is 14.9 Å². The predicted molar refractivity (Wildman–Crippen MR) is 86.8 cm³/mol. The fraction of sp³-hybridized carbons (Fsp3) is 0.467. The number of hydrogen-bond acceptors (Lipinski definition) is 8. The van der Waals surface area contributed by atoms with Crippen LogP contribution in [0.1, 0.15) is 12.8 Å².